The molecule has 0 fully saturated rings. The third-order valence-electron chi connectivity index (χ3n) is 10.3. The highest BCUT2D eigenvalue weighted by atomic mass is 32.1. The van der Waals surface area contributed by atoms with Gasteiger partial charge >= 0.3 is 0 Å². The van der Waals surface area contributed by atoms with Gasteiger partial charge in [0.1, 0.15) is 0 Å². The van der Waals surface area contributed by atoms with Crippen LogP contribution in [0, 0.1) is 0 Å². The van der Waals surface area contributed by atoms with E-state index in [1.807, 2.05) is 29.5 Å². The average molecular weight is 666 g/mol. The van der Waals surface area contributed by atoms with E-state index in [2.05, 4.69) is 146 Å². The number of hydrogen-bond acceptors (Lipinski definition) is 4. The summed E-state index contributed by atoms with van der Waals surface area (Å²) in [6.07, 6.45) is 0. The highest BCUT2D eigenvalue weighted by molar-refractivity contribution is 7.26. The molecule has 0 spiro atoms. The van der Waals surface area contributed by atoms with Crippen LogP contribution >= 0.6 is 11.3 Å². The van der Waals surface area contributed by atoms with E-state index in [4.69, 9.17) is 15.0 Å². The third kappa shape index (κ3) is 4.40. The van der Waals surface area contributed by atoms with Crippen LogP contribution in [-0.4, -0.2) is 15.0 Å². The zero-order valence-corrected chi connectivity index (χ0v) is 28.2. The number of nitrogens with zero attached hydrogens (tertiary/aromatic N) is 3. The predicted octanol–water partition coefficient (Wildman–Crippen LogP) is 12.9. The molecule has 10 aromatic rings. The van der Waals surface area contributed by atoms with Crippen LogP contribution in [0.4, 0.5) is 0 Å². The van der Waals surface area contributed by atoms with Crippen molar-refractivity contribution < 1.29 is 0 Å². The van der Waals surface area contributed by atoms with Gasteiger partial charge in [-0.05, 0) is 73.1 Å². The Morgan fingerprint density at radius 3 is 1.73 bits per heavy atom. The molecule has 0 bridgehead atoms. The largest absolute Gasteiger partial charge is 0.208 e. The van der Waals surface area contributed by atoms with Gasteiger partial charge in [-0.25, -0.2) is 15.0 Å². The molecule has 2 heterocycles. The molecular weight excluding hydrogens is 639 g/mol. The molecule has 2 aromatic heterocycles. The molecule has 0 radical (unpaired) electrons. The van der Waals surface area contributed by atoms with Gasteiger partial charge in [-0.2, -0.15) is 0 Å². The van der Waals surface area contributed by atoms with Crippen molar-refractivity contribution in [3.8, 4) is 67.5 Å². The Bertz CT molecular complexity index is 3020. The Kier molecular flexibility index (Phi) is 6.12. The fourth-order valence-electron chi connectivity index (χ4n) is 7.86. The molecule has 0 atom stereocenters. The lowest BCUT2D eigenvalue weighted by atomic mass is 9.98. The van der Waals surface area contributed by atoms with E-state index >= 15 is 0 Å². The number of thiophene rings is 1. The average Bonchev–Trinajstić information content (AvgIpc) is 3.75. The summed E-state index contributed by atoms with van der Waals surface area (Å²) in [7, 11) is 0. The lowest BCUT2D eigenvalue weighted by molar-refractivity contribution is 1.08. The molecule has 51 heavy (non-hydrogen) atoms. The second-order valence-electron chi connectivity index (χ2n) is 13.2. The van der Waals surface area contributed by atoms with Gasteiger partial charge in [-0.1, -0.05) is 146 Å². The van der Waals surface area contributed by atoms with E-state index in [-0.39, 0.29) is 0 Å². The van der Waals surface area contributed by atoms with E-state index in [0.717, 1.165) is 22.3 Å². The van der Waals surface area contributed by atoms with Crippen molar-refractivity contribution in [1.82, 2.24) is 15.0 Å². The molecule has 0 aliphatic heterocycles. The zero-order valence-electron chi connectivity index (χ0n) is 27.3. The molecular formula is C47H27N3S. The highest BCUT2D eigenvalue weighted by Gasteiger charge is 2.25. The van der Waals surface area contributed by atoms with Gasteiger partial charge in [0.15, 0.2) is 17.5 Å². The van der Waals surface area contributed by atoms with E-state index < -0.39 is 0 Å². The molecule has 11 rings (SSSR count). The van der Waals surface area contributed by atoms with Gasteiger partial charge in [-0.3, -0.25) is 0 Å². The molecule has 1 aliphatic rings. The monoisotopic (exact) mass is 665 g/mol. The molecule has 0 saturated carbocycles. The lowest BCUT2D eigenvalue weighted by Crippen LogP contribution is -2.00. The minimum Gasteiger partial charge on any atom is -0.208 e. The van der Waals surface area contributed by atoms with Crippen LogP contribution in [0.5, 0.6) is 0 Å². The molecule has 8 aromatic carbocycles. The van der Waals surface area contributed by atoms with Gasteiger partial charge in [0, 0.05) is 36.9 Å². The number of benzene rings is 8. The summed E-state index contributed by atoms with van der Waals surface area (Å²) in [5.74, 6) is 2.00. The summed E-state index contributed by atoms with van der Waals surface area (Å²) >= 11 is 1.83. The molecule has 0 saturated heterocycles. The Hall–Kier alpha value is -6.49. The normalized spacial score (nSPS) is 11.9. The Morgan fingerprint density at radius 2 is 0.922 bits per heavy atom. The van der Waals surface area contributed by atoms with E-state index in [1.165, 1.54) is 69.5 Å². The van der Waals surface area contributed by atoms with Crippen LogP contribution in [0.15, 0.2) is 164 Å². The van der Waals surface area contributed by atoms with Crippen molar-refractivity contribution in [2.24, 2.45) is 0 Å². The van der Waals surface area contributed by atoms with Crippen LogP contribution < -0.4 is 0 Å². The van der Waals surface area contributed by atoms with E-state index in [9.17, 15) is 0 Å². The maximum atomic E-state index is 5.18. The minimum atomic E-state index is 0.658. The molecule has 3 nitrogen and oxygen atoms in total. The SMILES string of the molecule is c1ccc(-c2nc(-c3ccc(-c4ccc5ccccc5c4)cc3)nc(-c3cccc4c3sc3cc5c6c(cccc6c34)-c3ccccc3-5)n2)cc1. The number of aromatic nitrogens is 3. The van der Waals surface area contributed by atoms with Crippen molar-refractivity contribution in [3.63, 3.8) is 0 Å². The van der Waals surface area contributed by atoms with Crippen molar-refractivity contribution in [2.45, 2.75) is 0 Å². The van der Waals surface area contributed by atoms with Crippen LogP contribution in [-0.2, 0) is 0 Å². The number of hydrogen-bond donors (Lipinski definition) is 0. The third-order valence-corrected chi connectivity index (χ3v) is 11.4. The summed E-state index contributed by atoms with van der Waals surface area (Å²) in [5.41, 5.74) is 10.5. The van der Waals surface area contributed by atoms with E-state index in [0.29, 0.717) is 17.5 Å². The second kappa shape index (κ2) is 11.0. The first-order valence-electron chi connectivity index (χ1n) is 17.2. The topological polar surface area (TPSA) is 38.7 Å². The van der Waals surface area contributed by atoms with Crippen molar-refractivity contribution in [2.75, 3.05) is 0 Å². The van der Waals surface area contributed by atoms with Gasteiger partial charge in [0.25, 0.3) is 0 Å². The van der Waals surface area contributed by atoms with Crippen molar-refractivity contribution in [3.05, 3.63) is 164 Å². The summed E-state index contributed by atoms with van der Waals surface area (Å²) in [6.45, 7) is 0. The van der Waals surface area contributed by atoms with Gasteiger partial charge in [0.05, 0.1) is 0 Å². The van der Waals surface area contributed by atoms with Crippen LogP contribution in [0.2, 0.25) is 0 Å². The summed E-state index contributed by atoms with van der Waals surface area (Å²) < 4.78 is 2.46. The van der Waals surface area contributed by atoms with Gasteiger partial charge in [-0.15, -0.1) is 11.3 Å². The van der Waals surface area contributed by atoms with Gasteiger partial charge in [0.2, 0.25) is 0 Å². The lowest BCUT2D eigenvalue weighted by Gasteiger charge is -2.10. The number of fused-ring (bicyclic) bond motifs is 8. The van der Waals surface area contributed by atoms with E-state index in [1.54, 1.807) is 0 Å². The highest BCUT2D eigenvalue weighted by Crippen LogP contribution is 2.52. The molecule has 0 N–H and O–H groups in total. The summed E-state index contributed by atoms with van der Waals surface area (Å²) in [6, 6.07) is 58.3. The predicted molar refractivity (Wildman–Crippen MR) is 214 cm³/mol. The van der Waals surface area contributed by atoms with Crippen LogP contribution in [0.1, 0.15) is 0 Å². The second-order valence-corrected chi connectivity index (χ2v) is 14.2. The Balaban J connectivity index is 1.08. The zero-order chi connectivity index (χ0) is 33.5. The van der Waals surface area contributed by atoms with Crippen molar-refractivity contribution >= 4 is 53.1 Å². The molecule has 0 amide bonds. The van der Waals surface area contributed by atoms with Crippen molar-refractivity contribution in [1.29, 1.82) is 0 Å². The standard InChI is InChI=1S/C47H27N3S/c1-2-11-30(12-3-1)45-48-46(31-23-20-29(21-24-31)33-25-22-28-10-4-5-13-32(28)26-33)50-47(49-45)39-19-9-18-38-43-37-17-8-16-36-34-14-6-7-15-35(34)40(42(36)37)27-41(43)51-44(38)39/h1-27H. The first kappa shape index (κ1) is 28.4. The first-order chi connectivity index (χ1) is 25.3. The fraction of sp³-hybridized carbons (Fsp3) is 0. The molecule has 4 heteroatoms. The van der Waals surface area contributed by atoms with Gasteiger partial charge < -0.3 is 0 Å². The smallest absolute Gasteiger partial charge is 0.165 e. The maximum Gasteiger partial charge on any atom is 0.165 e. The Labute approximate surface area is 298 Å². The Morgan fingerprint density at radius 1 is 0.333 bits per heavy atom. The fourth-order valence-corrected chi connectivity index (χ4v) is 9.13. The quantitative estimate of drug-likeness (QED) is 0.188. The minimum absolute atomic E-state index is 0.658. The summed E-state index contributed by atoms with van der Waals surface area (Å²) in [4.78, 5) is 15.4. The van der Waals surface area contributed by atoms with Crippen LogP contribution in [0.25, 0.3) is 109 Å². The summed E-state index contributed by atoms with van der Waals surface area (Å²) in [5, 5.41) is 7.65. The first-order valence-corrected chi connectivity index (χ1v) is 18.0. The van der Waals surface area contributed by atoms with Crippen LogP contribution in [0.3, 0.4) is 0 Å². The number of rotatable bonds is 4. The molecule has 1 aliphatic carbocycles. The maximum absolute atomic E-state index is 5.18. The molecule has 236 valence electrons. The molecule has 0 unspecified atom stereocenters.